The van der Waals surface area contributed by atoms with Crippen molar-refractivity contribution in [3.63, 3.8) is 0 Å². The second kappa shape index (κ2) is 9.74. The lowest BCUT2D eigenvalue weighted by molar-refractivity contribution is -0.121. The third-order valence-electron chi connectivity index (χ3n) is 5.65. The molecule has 0 saturated carbocycles. The van der Waals surface area contributed by atoms with Gasteiger partial charge in [-0.05, 0) is 41.7 Å². The van der Waals surface area contributed by atoms with Crippen LogP contribution in [0, 0.1) is 0 Å². The summed E-state index contributed by atoms with van der Waals surface area (Å²) >= 11 is 0. The van der Waals surface area contributed by atoms with Crippen molar-refractivity contribution in [1.82, 2.24) is 10.2 Å². The van der Waals surface area contributed by atoms with E-state index in [9.17, 15) is 4.79 Å². The summed E-state index contributed by atoms with van der Waals surface area (Å²) < 4.78 is 0. The predicted molar refractivity (Wildman–Crippen MR) is 117 cm³/mol. The van der Waals surface area contributed by atoms with Gasteiger partial charge >= 0.3 is 0 Å². The van der Waals surface area contributed by atoms with Crippen molar-refractivity contribution in [3.05, 3.63) is 65.2 Å². The van der Waals surface area contributed by atoms with Crippen molar-refractivity contribution in [1.29, 1.82) is 0 Å². The molecule has 0 fully saturated rings. The summed E-state index contributed by atoms with van der Waals surface area (Å²) in [6, 6.07) is 17.6. The number of anilines is 1. The molecule has 1 N–H and O–H groups in total. The lowest BCUT2D eigenvalue weighted by Gasteiger charge is -2.36. The fourth-order valence-electron chi connectivity index (χ4n) is 3.87. The molecule has 1 atom stereocenters. The van der Waals surface area contributed by atoms with Gasteiger partial charge in [-0.3, -0.25) is 9.69 Å². The Morgan fingerprint density at radius 1 is 1.11 bits per heavy atom. The number of hydrogen-bond donors (Lipinski definition) is 1. The fourth-order valence-corrected chi connectivity index (χ4v) is 3.87. The van der Waals surface area contributed by atoms with Crippen LogP contribution < -0.4 is 10.2 Å². The zero-order valence-corrected chi connectivity index (χ0v) is 17.4. The Hall–Kier alpha value is -2.33. The summed E-state index contributed by atoms with van der Waals surface area (Å²) in [5, 5.41) is 3.18. The third kappa shape index (κ3) is 5.14. The number of carbonyl (C=O) groups is 1. The summed E-state index contributed by atoms with van der Waals surface area (Å²) in [6.07, 6.45) is 3.68. The normalized spacial score (nSPS) is 15.0. The van der Waals surface area contributed by atoms with Crippen LogP contribution in [0.2, 0.25) is 0 Å². The van der Waals surface area contributed by atoms with E-state index in [2.05, 4.69) is 84.7 Å². The van der Waals surface area contributed by atoms with E-state index in [0.29, 0.717) is 13.0 Å². The second-order valence-electron chi connectivity index (χ2n) is 7.90. The lowest BCUT2D eigenvalue weighted by atomic mass is 9.96. The van der Waals surface area contributed by atoms with Crippen molar-refractivity contribution in [3.8, 4) is 0 Å². The van der Waals surface area contributed by atoms with Crippen LogP contribution in [0.1, 0.15) is 48.9 Å². The zero-order valence-electron chi connectivity index (χ0n) is 17.4. The van der Waals surface area contributed by atoms with Crippen LogP contribution in [-0.2, 0) is 17.8 Å². The summed E-state index contributed by atoms with van der Waals surface area (Å²) in [4.78, 5) is 16.8. The number of carbonyl (C=O) groups excluding carboxylic acids is 1. The number of rotatable bonds is 8. The van der Waals surface area contributed by atoms with E-state index in [0.717, 1.165) is 32.4 Å². The van der Waals surface area contributed by atoms with Gasteiger partial charge in [0, 0.05) is 45.8 Å². The van der Waals surface area contributed by atoms with Gasteiger partial charge in [0.25, 0.3) is 0 Å². The number of nitrogens with one attached hydrogen (secondary N) is 1. The smallest absolute Gasteiger partial charge is 0.220 e. The van der Waals surface area contributed by atoms with Gasteiger partial charge in [0.2, 0.25) is 5.91 Å². The van der Waals surface area contributed by atoms with E-state index in [4.69, 9.17) is 0 Å². The molecule has 2 aromatic rings. The summed E-state index contributed by atoms with van der Waals surface area (Å²) in [5.41, 5.74) is 5.31. The Morgan fingerprint density at radius 2 is 1.82 bits per heavy atom. The number of hydrogen-bond acceptors (Lipinski definition) is 3. The number of nitrogens with zero attached hydrogens (tertiary/aromatic N) is 2. The van der Waals surface area contributed by atoms with E-state index < -0.39 is 0 Å². The number of amides is 1. The largest absolute Gasteiger partial charge is 0.378 e. The van der Waals surface area contributed by atoms with Gasteiger partial charge in [-0.1, -0.05) is 49.7 Å². The van der Waals surface area contributed by atoms with Crippen LogP contribution in [0.25, 0.3) is 0 Å². The van der Waals surface area contributed by atoms with Crippen molar-refractivity contribution in [2.45, 2.75) is 45.2 Å². The summed E-state index contributed by atoms with van der Waals surface area (Å²) in [6.45, 7) is 4.72. The van der Waals surface area contributed by atoms with Crippen molar-refractivity contribution in [2.24, 2.45) is 0 Å². The Morgan fingerprint density at radius 3 is 2.50 bits per heavy atom. The molecule has 1 heterocycles. The van der Waals surface area contributed by atoms with E-state index >= 15 is 0 Å². The van der Waals surface area contributed by atoms with Gasteiger partial charge in [0.1, 0.15) is 0 Å². The molecule has 1 aliphatic heterocycles. The minimum Gasteiger partial charge on any atom is -0.378 e. The van der Waals surface area contributed by atoms with Crippen LogP contribution >= 0.6 is 0 Å². The standard InChI is InChI=1S/C24H33N3O/c1-4-5-10-24(28)25-17-23(20-11-13-22(14-12-20)26(2)3)27-16-15-19-8-6-7-9-21(19)18-27/h6-9,11-14,23H,4-5,10,15-18H2,1-3H3,(H,25,28)/t23-/m0/s1. The molecular weight excluding hydrogens is 346 g/mol. The Kier molecular flexibility index (Phi) is 7.10. The maximum absolute atomic E-state index is 12.2. The molecule has 4 nitrogen and oxygen atoms in total. The summed E-state index contributed by atoms with van der Waals surface area (Å²) in [5.74, 6) is 0.161. The first-order valence-corrected chi connectivity index (χ1v) is 10.4. The van der Waals surface area contributed by atoms with Crippen LogP contribution in [0.5, 0.6) is 0 Å². The molecule has 150 valence electrons. The summed E-state index contributed by atoms with van der Waals surface area (Å²) in [7, 11) is 4.12. The van der Waals surface area contributed by atoms with Gasteiger partial charge in [0.05, 0.1) is 6.04 Å². The maximum atomic E-state index is 12.2. The van der Waals surface area contributed by atoms with Crippen molar-refractivity contribution >= 4 is 11.6 Å². The average molecular weight is 380 g/mol. The van der Waals surface area contributed by atoms with Crippen LogP contribution in [0.15, 0.2) is 48.5 Å². The molecule has 0 radical (unpaired) electrons. The molecule has 0 aromatic heterocycles. The molecule has 0 unspecified atom stereocenters. The Bertz CT molecular complexity index is 770. The monoisotopic (exact) mass is 379 g/mol. The topological polar surface area (TPSA) is 35.6 Å². The molecule has 3 rings (SSSR count). The Labute approximate surface area is 169 Å². The molecule has 2 aromatic carbocycles. The minimum absolute atomic E-state index is 0.161. The minimum atomic E-state index is 0.161. The molecule has 0 aliphatic carbocycles. The molecule has 0 saturated heterocycles. The molecule has 0 bridgehead atoms. The zero-order chi connectivity index (χ0) is 19.9. The second-order valence-corrected chi connectivity index (χ2v) is 7.90. The third-order valence-corrected chi connectivity index (χ3v) is 5.65. The van der Waals surface area contributed by atoms with E-state index in [1.54, 1.807) is 0 Å². The SMILES string of the molecule is CCCCC(=O)NC[C@@H](c1ccc(N(C)C)cc1)N1CCc2ccccc2C1. The average Bonchev–Trinajstić information content (AvgIpc) is 2.72. The van der Waals surface area contributed by atoms with Crippen LogP contribution in [0.3, 0.4) is 0 Å². The first-order chi connectivity index (χ1) is 13.6. The fraction of sp³-hybridized carbons (Fsp3) is 0.458. The van der Waals surface area contributed by atoms with Gasteiger partial charge < -0.3 is 10.2 Å². The van der Waals surface area contributed by atoms with Crippen molar-refractivity contribution < 1.29 is 4.79 Å². The van der Waals surface area contributed by atoms with E-state index in [1.165, 1.54) is 22.4 Å². The van der Waals surface area contributed by atoms with Crippen LogP contribution in [-0.4, -0.2) is 38.0 Å². The molecular formula is C24H33N3O. The highest BCUT2D eigenvalue weighted by molar-refractivity contribution is 5.75. The molecule has 1 aliphatic rings. The predicted octanol–water partition coefficient (Wildman–Crippen LogP) is 4.16. The Balaban J connectivity index is 1.77. The molecule has 0 spiro atoms. The van der Waals surface area contributed by atoms with E-state index in [-0.39, 0.29) is 11.9 Å². The molecule has 4 heteroatoms. The number of fused-ring (bicyclic) bond motifs is 1. The first kappa shape index (κ1) is 20.4. The number of unbranched alkanes of at least 4 members (excludes halogenated alkanes) is 1. The highest BCUT2D eigenvalue weighted by atomic mass is 16.1. The molecule has 28 heavy (non-hydrogen) atoms. The highest BCUT2D eigenvalue weighted by Gasteiger charge is 2.25. The van der Waals surface area contributed by atoms with Gasteiger partial charge in [0.15, 0.2) is 0 Å². The highest BCUT2D eigenvalue weighted by Crippen LogP contribution is 2.28. The molecule has 1 amide bonds. The lowest BCUT2D eigenvalue weighted by Crippen LogP contribution is -2.40. The first-order valence-electron chi connectivity index (χ1n) is 10.4. The maximum Gasteiger partial charge on any atom is 0.220 e. The van der Waals surface area contributed by atoms with Gasteiger partial charge in [-0.2, -0.15) is 0 Å². The van der Waals surface area contributed by atoms with Gasteiger partial charge in [-0.25, -0.2) is 0 Å². The van der Waals surface area contributed by atoms with Gasteiger partial charge in [-0.15, -0.1) is 0 Å². The quantitative estimate of drug-likeness (QED) is 0.748. The van der Waals surface area contributed by atoms with Crippen molar-refractivity contribution in [2.75, 3.05) is 32.1 Å². The van der Waals surface area contributed by atoms with Crippen LogP contribution in [0.4, 0.5) is 5.69 Å². The van der Waals surface area contributed by atoms with E-state index in [1.807, 2.05) is 0 Å². The number of benzene rings is 2.